The predicted octanol–water partition coefficient (Wildman–Crippen LogP) is 2.01. The molecule has 1 amide bonds. The summed E-state index contributed by atoms with van der Waals surface area (Å²) in [4.78, 5) is 22.2. The number of hydrogen-bond donors (Lipinski definition) is 3. The van der Waals surface area contributed by atoms with E-state index in [1.807, 2.05) is 0 Å². The minimum atomic E-state index is -0.795. The number of likely N-dealkylation sites (N-methyl/N-ethyl adjacent to an activating group) is 1. The first-order valence-corrected chi connectivity index (χ1v) is 8.27. The molecule has 0 radical (unpaired) electrons. The van der Waals surface area contributed by atoms with E-state index in [9.17, 15) is 13.6 Å². The van der Waals surface area contributed by atoms with Crippen molar-refractivity contribution in [1.82, 2.24) is 15.2 Å². The molecule has 0 fully saturated rings. The quantitative estimate of drug-likeness (QED) is 0.545. The summed E-state index contributed by atoms with van der Waals surface area (Å²) >= 11 is 0.807. The van der Waals surface area contributed by atoms with Crippen LogP contribution in [0.15, 0.2) is 23.2 Å². The van der Waals surface area contributed by atoms with Gasteiger partial charge in [0.05, 0.1) is 5.56 Å². The minimum absolute atomic E-state index is 0.0173. The molecule has 0 saturated carbocycles. The normalized spacial score (nSPS) is 12.6. The van der Waals surface area contributed by atoms with E-state index in [2.05, 4.69) is 15.3 Å². The van der Waals surface area contributed by atoms with Crippen molar-refractivity contribution in [2.24, 2.45) is 4.99 Å². The molecular formula is C16H18F2N6OS. The number of benzene rings is 1. The van der Waals surface area contributed by atoms with Crippen LogP contribution in [-0.2, 0) is 0 Å². The molecule has 1 aromatic heterocycles. The average molecular weight is 380 g/mol. The predicted molar refractivity (Wildman–Crippen MR) is 99.0 cm³/mol. The van der Waals surface area contributed by atoms with Gasteiger partial charge in [0.2, 0.25) is 0 Å². The van der Waals surface area contributed by atoms with Crippen molar-refractivity contribution in [3.8, 4) is 10.6 Å². The summed E-state index contributed by atoms with van der Waals surface area (Å²) in [6, 6.07) is 2.64. The maximum absolute atomic E-state index is 13.9. The lowest BCUT2D eigenvalue weighted by atomic mass is 10.2. The number of anilines is 1. The van der Waals surface area contributed by atoms with Crippen molar-refractivity contribution >= 4 is 34.3 Å². The third-order valence-corrected chi connectivity index (χ3v) is 4.37. The Balaban J connectivity index is 2.34. The van der Waals surface area contributed by atoms with E-state index in [0.29, 0.717) is 5.84 Å². The maximum atomic E-state index is 13.9. The molecule has 1 unspecified atom stereocenters. The lowest BCUT2D eigenvalue weighted by Crippen LogP contribution is -2.47. The van der Waals surface area contributed by atoms with Crippen LogP contribution in [0.3, 0.4) is 0 Å². The number of aromatic nitrogens is 1. The van der Waals surface area contributed by atoms with Gasteiger partial charge in [0.1, 0.15) is 33.5 Å². The number of rotatable bonds is 5. The third-order valence-electron chi connectivity index (χ3n) is 3.46. The first kappa shape index (κ1) is 19.4. The van der Waals surface area contributed by atoms with Gasteiger partial charge in [0.25, 0.3) is 5.91 Å². The molecular weight excluding hydrogens is 362 g/mol. The fraction of sp³-hybridized carbons (Fsp3) is 0.250. The van der Waals surface area contributed by atoms with Crippen molar-refractivity contribution < 1.29 is 13.6 Å². The van der Waals surface area contributed by atoms with Gasteiger partial charge in [-0.2, -0.15) is 0 Å². The van der Waals surface area contributed by atoms with E-state index in [1.54, 1.807) is 19.0 Å². The molecule has 0 aliphatic carbocycles. The highest BCUT2D eigenvalue weighted by Crippen LogP contribution is 2.33. The molecule has 0 bridgehead atoms. The summed E-state index contributed by atoms with van der Waals surface area (Å²) in [5, 5.41) is 10.1. The van der Waals surface area contributed by atoms with Gasteiger partial charge in [0.15, 0.2) is 5.69 Å². The van der Waals surface area contributed by atoms with Crippen LogP contribution in [0, 0.1) is 17.0 Å². The highest BCUT2D eigenvalue weighted by Gasteiger charge is 2.24. The SMILES string of the molecule is CN=C(C(C=N)NC(=O)c1nc(-c2c(F)cccc2F)sc1N)N(C)C. The first-order valence-electron chi connectivity index (χ1n) is 7.46. The van der Waals surface area contributed by atoms with E-state index in [-0.39, 0.29) is 21.3 Å². The molecule has 0 spiro atoms. The number of aliphatic imine (C=N–C) groups is 1. The number of nitrogens with zero attached hydrogens (tertiary/aromatic N) is 3. The Hall–Kier alpha value is -2.88. The Morgan fingerprint density at radius 1 is 1.42 bits per heavy atom. The summed E-state index contributed by atoms with van der Waals surface area (Å²) in [5.74, 6) is -1.81. The zero-order chi connectivity index (χ0) is 19.4. The van der Waals surface area contributed by atoms with Crippen LogP contribution in [0.25, 0.3) is 10.6 Å². The van der Waals surface area contributed by atoms with Gasteiger partial charge in [-0.25, -0.2) is 13.8 Å². The smallest absolute Gasteiger partial charge is 0.273 e. The van der Waals surface area contributed by atoms with Gasteiger partial charge in [-0.05, 0) is 12.1 Å². The van der Waals surface area contributed by atoms with Crippen molar-refractivity contribution in [3.05, 3.63) is 35.5 Å². The highest BCUT2D eigenvalue weighted by molar-refractivity contribution is 7.19. The van der Waals surface area contributed by atoms with Gasteiger partial charge in [-0.3, -0.25) is 9.79 Å². The van der Waals surface area contributed by atoms with Crippen molar-refractivity contribution in [1.29, 1.82) is 5.41 Å². The van der Waals surface area contributed by atoms with Crippen LogP contribution < -0.4 is 11.1 Å². The molecule has 138 valence electrons. The molecule has 2 aromatic rings. The molecule has 2 rings (SSSR count). The van der Waals surface area contributed by atoms with Crippen LogP contribution in [0.5, 0.6) is 0 Å². The number of thiazole rings is 1. The fourth-order valence-electron chi connectivity index (χ4n) is 2.31. The van der Waals surface area contributed by atoms with Crippen molar-refractivity contribution in [2.45, 2.75) is 6.04 Å². The highest BCUT2D eigenvalue weighted by atomic mass is 32.1. The standard InChI is InChI=1S/C16H18F2N6OS/c1-21-14(24(2)3)10(7-19)22-15(25)12-13(20)26-16(23-12)11-8(17)5-4-6-9(11)18/h4-7,10,19H,20H2,1-3H3,(H,22,25). The van der Waals surface area contributed by atoms with Gasteiger partial charge < -0.3 is 21.4 Å². The van der Waals surface area contributed by atoms with E-state index in [1.165, 1.54) is 13.1 Å². The van der Waals surface area contributed by atoms with Gasteiger partial charge in [0, 0.05) is 27.4 Å². The number of amidine groups is 1. The van der Waals surface area contributed by atoms with E-state index >= 15 is 0 Å². The summed E-state index contributed by atoms with van der Waals surface area (Å²) in [6.07, 6.45) is 1.01. The number of nitrogen functional groups attached to an aromatic ring is 1. The second kappa shape index (κ2) is 8.00. The lowest BCUT2D eigenvalue weighted by Gasteiger charge is -2.22. The average Bonchev–Trinajstić information content (AvgIpc) is 2.95. The molecule has 0 aliphatic rings. The Labute approximate surface area is 153 Å². The fourth-order valence-corrected chi connectivity index (χ4v) is 3.19. The van der Waals surface area contributed by atoms with Gasteiger partial charge >= 0.3 is 0 Å². The van der Waals surface area contributed by atoms with Gasteiger partial charge in [-0.15, -0.1) is 0 Å². The molecule has 1 heterocycles. The zero-order valence-electron chi connectivity index (χ0n) is 14.4. The van der Waals surface area contributed by atoms with Crippen LogP contribution >= 0.6 is 11.3 Å². The molecule has 0 aliphatic heterocycles. The minimum Gasteiger partial charge on any atom is -0.389 e. The monoisotopic (exact) mass is 380 g/mol. The topological polar surface area (TPSA) is 107 Å². The molecule has 1 aromatic carbocycles. The summed E-state index contributed by atoms with van der Waals surface area (Å²) in [7, 11) is 4.98. The Morgan fingerprint density at radius 2 is 2.04 bits per heavy atom. The van der Waals surface area contributed by atoms with Crippen molar-refractivity contribution in [3.63, 3.8) is 0 Å². The number of hydrogen-bond acceptors (Lipinski definition) is 6. The second-order valence-corrected chi connectivity index (χ2v) is 6.45. The van der Waals surface area contributed by atoms with E-state index in [0.717, 1.165) is 29.7 Å². The lowest BCUT2D eigenvalue weighted by molar-refractivity contribution is 0.0950. The summed E-state index contributed by atoms with van der Waals surface area (Å²) in [5.41, 5.74) is 5.32. The molecule has 0 saturated heterocycles. The third kappa shape index (κ3) is 3.85. The van der Waals surface area contributed by atoms with Crippen LogP contribution in [0.4, 0.5) is 13.8 Å². The molecule has 4 N–H and O–H groups in total. The first-order chi connectivity index (χ1) is 12.3. The number of nitrogens with two attached hydrogens (primary N) is 1. The summed E-state index contributed by atoms with van der Waals surface area (Å²) < 4.78 is 27.8. The molecule has 10 heteroatoms. The van der Waals surface area contributed by atoms with Crippen LogP contribution in [-0.4, -0.2) is 55.0 Å². The Morgan fingerprint density at radius 3 is 2.54 bits per heavy atom. The molecule has 1 atom stereocenters. The largest absolute Gasteiger partial charge is 0.389 e. The summed E-state index contributed by atoms with van der Waals surface area (Å²) in [6.45, 7) is 0. The number of carbonyl (C=O) groups is 1. The Bertz CT molecular complexity index is 844. The molecule has 7 nitrogen and oxygen atoms in total. The Kier molecular flexibility index (Phi) is 5.98. The number of halogens is 2. The van der Waals surface area contributed by atoms with Gasteiger partial charge in [-0.1, -0.05) is 17.4 Å². The molecule has 26 heavy (non-hydrogen) atoms. The van der Waals surface area contributed by atoms with Crippen LogP contribution in [0.2, 0.25) is 0 Å². The number of nitrogens with one attached hydrogen (secondary N) is 2. The maximum Gasteiger partial charge on any atom is 0.273 e. The number of carbonyl (C=O) groups excluding carboxylic acids is 1. The van der Waals surface area contributed by atoms with Crippen molar-refractivity contribution in [2.75, 3.05) is 26.9 Å². The van der Waals surface area contributed by atoms with Crippen LogP contribution in [0.1, 0.15) is 10.5 Å². The van der Waals surface area contributed by atoms with E-state index in [4.69, 9.17) is 11.1 Å². The van der Waals surface area contributed by atoms with E-state index < -0.39 is 23.6 Å². The number of amides is 1. The zero-order valence-corrected chi connectivity index (χ0v) is 15.2. The second-order valence-electron chi connectivity index (χ2n) is 5.42.